The van der Waals surface area contributed by atoms with E-state index in [1.807, 2.05) is 29.2 Å². The van der Waals surface area contributed by atoms with E-state index in [0.717, 1.165) is 10.4 Å². The van der Waals surface area contributed by atoms with E-state index in [-0.39, 0.29) is 5.91 Å². The molecule has 1 amide bonds. The number of carbonyl (C=O) groups excluding carboxylic acids is 1. The first-order chi connectivity index (χ1) is 9.75. The fraction of sp³-hybridized carbons (Fsp3) is 0.312. The van der Waals surface area contributed by atoms with Gasteiger partial charge in [-0.3, -0.25) is 4.79 Å². The van der Waals surface area contributed by atoms with Crippen molar-refractivity contribution in [1.82, 2.24) is 4.90 Å². The lowest BCUT2D eigenvalue weighted by Gasteiger charge is -2.26. The summed E-state index contributed by atoms with van der Waals surface area (Å²) in [5, 5.41) is 0. The van der Waals surface area contributed by atoms with E-state index >= 15 is 0 Å². The fourth-order valence-electron chi connectivity index (χ4n) is 2.39. The van der Waals surface area contributed by atoms with Gasteiger partial charge in [-0.1, -0.05) is 30.3 Å². The van der Waals surface area contributed by atoms with Gasteiger partial charge < -0.3 is 9.64 Å². The van der Waals surface area contributed by atoms with Gasteiger partial charge in [-0.05, 0) is 24.1 Å². The van der Waals surface area contributed by atoms with Gasteiger partial charge in [0.1, 0.15) is 0 Å². The van der Waals surface area contributed by atoms with Crippen LogP contribution in [0, 0.1) is 6.92 Å². The minimum absolute atomic E-state index is 0.128. The molecule has 2 aromatic rings. The summed E-state index contributed by atoms with van der Waals surface area (Å²) in [4.78, 5) is 16.4. The number of amides is 1. The van der Waals surface area contributed by atoms with Crippen LogP contribution >= 0.6 is 11.3 Å². The highest BCUT2D eigenvalue weighted by molar-refractivity contribution is 7.17. The van der Waals surface area contributed by atoms with Gasteiger partial charge in [-0.2, -0.15) is 0 Å². The van der Waals surface area contributed by atoms with Crippen LogP contribution in [0.25, 0.3) is 10.4 Å². The summed E-state index contributed by atoms with van der Waals surface area (Å²) in [6, 6.07) is 12.2. The molecule has 1 aliphatic heterocycles. The molecule has 0 aliphatic carbocycles. The second kappa shape index (κ2) is 5.77. The smallest absolute Gasteiger partial charge is 0.264 e. The molecule has 1 aliphatic rings. The van der Waals surface area contributed by atoms with Crippen LogP contribution in [0.4, 0.5) is 0 Å². The lowest BCUT2D eigenvalue weighted by atomic mass is 10.1. The molecular formula is C16H17NO2S. The Labute approximate surface area is 122 Å². The van der Waals surface area contributed by atoms with Gasteiger partial charge in [0.25, 0.3) is 5.91 Å². The molecule has 4 heteroatoms. The van der Waals surface area contributed by atoms with Crippen molar-refractivity contribution in [2.75, 3.05) is 26.3 Å². The normalized spacial score (nSPS) is 15.3. The second-order valence-corrected chi connectivity index (χ2v) is 5.95. The monoisotopic (exact) mass is 287 g/mol. The van der Waals surface area contributed by atoms with E-state index in [9.17, 15) is 4.79 Å². The number of aryl methyl sites for hydroxylation is 1. The maximum absolute atomic E-state index is 12.5. The fourth-order valence-corrected chi connectivity index (χ4v) is 3.53. The third-order valence-corrected chi connectivity index (χ3v) is 4.74. The standard InChI is InChI=1S/C16H17NO2S/c1-12-11-14(16(18)17-7-9-19-10-8-17)20-15(12)13-5-3-2-4-6-13/h2-6,11H,7-10H2,1H3. The number of carbonyl (C=O) groups is 1. The van der Waals surface area contributed by atoms with Crippen molar-refractivity contribution in [3.8, 4) is 10.4 Å². The Bertz CT molecular complexity index is 600. The van der Waals surface area contributed by atoms with E-state index in [2.05, 4.69) is 19.1 Å². The molecule has 0 N–H and O–H groups in total. The highest BCUT2D eigenvalue weighted by Gasteiger charge is 2.21. The molecule has 3 nitrogen and oxygen atoms in total. The third-order valence-electron chi connectivity index (χ3n) is 3.46. The molecule has 2 heterocycles. The van der Waals surface area contributed by atoms with Gasteiger partial charge in [0, 0.05) is 18.0 Å². The van der Waals surface area contributed by atoms with Crippen LogP contribution in [-0.4, -0.2) is 37.1 Å². The van der Waals surface area contributed by atoms with Gasteiger partial charge in [0.15, 0.2) is 0 Å². The predicted molar refractivity (Wildman–Crippen MR) is 81.2 cm³/mol. The molecule has 1 saturated heterocycles. The van der Waals surface area contributed by atoms with Gasteiger partial charge in [0.2, 0.25) is 0 Å². The van der Waals surface area contributed by atoms with Gasteiger partial charge in [0.05, 0.1) is 18.1 Å². The van der Waals surface area contributed by atoms with Crippen LogP contribution in [0.2, 0.25) is 0 Å². The summed E-state index contributed by atoms with van der Waals surface area (Å²) < 4.78 is 5.29. The molecule has 0 spiro atoms. The second-order valence-electron chi connectivity index (χ2n) is 4.89. The lowest BCUT2D eigenvalue weighted by Crippen LogP contribution is -2.40. The van der Waals surface area contributed by atoms with Crippen molar-refractivity contribution in [2.45, 2.75) is 6.92 Å². The van der Waals surface area contributed by atoms with Crippen molar-refractivity contribution in [3.05, 3.63) is 46.8 Å². The first kappa shape index (κ1) is 13.3. The summed E-state index contributed by atoms with van der Waals surface area (Å²) >= 11 is 1.58. The van der Waals surface area contributed by atoms with Gasteiger partial charge in [-0.15, -0.1) is 11.3 Å². The molecule has 20 heavy (non-hydrogen) atoms. The summed E-state index contributed by atoms with van der Waals surface area (Å²) in [6.07, 6.45) is 0. The van der Waals surface area contributed by atoms with Gasteiger partial charge in [-0.25, -0.2) is 0 Å². The van der Waals surface area contributed by atoms with E-state index in [0.29, 0.717) is 26.3 Å². The van der Waals surface area contributed by atoms with Crippen molar-refractivity contribution < 1.29 is 9.53 Å². The Morgan fingerprint density at radius 2 is 1.90 bits per heavy atom. The number of rotatable bonds is 2. The first-order valence-electron chi connectivity index (χ1n) is 6.78. The minimum Gasteiger partial charge on any atom is -0.378 e. The Kier molecular flexibility index (Phi) is 3.85. The quantitative estimate of drug-likeness (QED) is 0.849. The lowest BCUT2D eigenvalue weighted by molar-refractivity contribution is 0.0306. The molecule has 0 saturated carbocycles. The maximum atomic E-state index is 12.5. The Hall–Kier alpha value is -1.65. The van der Waals surface area contributed by atoms with Crippen LogP contribution in [0.1, 0.15) is 15.2 Å². The first-order valence-corrected chi connectivity index (χ1v) is 7.60. The number of nitrogens with zero attached hydrogens (tertiary/aromatic N) is 1. The van der Waals surface area contributed by atoms with Crippen molar-refractivity contribution in [3.63, 3.8) is 0 Å². The van der Waals surface area contributed by atoms with Crippen molar-refractivity contribution in [1.29, 1.82) is 0 Å². The van der Waals surface area contributed by atoms with Crippen molar-refractivity contribution in [2.24, 2.45) is 0 Å². The molecular weight excluding hydrogens is 270 g/mol. The Morgan fingerprint density at radius 3 is 2.60 bits per heavy atom. The number of hydrogen-bond donors (Lipinski definition) is 0. The topological polar surface area (TPSA) is 29.5 Å². The molecule has 104 valence electrons. The average Bonchev–Trinajstić information content (AvgIpc) is 2.90. The number of ether oxygens (including phenoxy) is 1. The summed E-state index contributed by atoms with van der Waals surface area (Å²) in [6.45, 7) is 4.73. The van der Waals surface area contributed by atoms with E-state index in [1.54, 1.807) is 11.3 Å². The number of thiophene rings is 1. The average molecular weight is 287 g/mol. The summed E-state index contributed by atoms with van der Waals surface area (Å²) in [7, 11) is 0. The van der Waals surface area contributed by atoms with E-state index < -0.39 is 0 Å². The SMILES string of the molecule is Cc1cc(C(=O)N2CCOCC2)sc1-c1ccccc1. The molecule has 0 atom stereocenters. The van der Waals surface area contributed by atoms with E-state index in [1.165, 1.54) is 10.4 Å². The van der Waals surface area contributed by atoms with Gasteiger partial charge >= 0.3 is 0 Å². The van der Waals surface area contributed by atoms with Crippen LogP contribution in [0.15, 0.2) is 36.4 Å². The number of morpholine rings is 1. The number of hydrogen-bond acceptors (Lipinski definition) is 3. The van der Waals surface area contributed by atoms with Crippen LogP contribution in [0.3, 0.4) is 0 Å². The molecule has 0 radical (unpaired) electrons. The van der Waals surface area contributed by atoms with E-state index in [4.69, 9.17) is 4.74 Å². The highest BCUT2D eigenvalue weighted by atomic mass is 32.1. The molecule has 1 aromatic carbocycles. The van der Waals surface area contributed by atoms with Crippen LogP contribution in [-0.2, 0) is 4.74 Å². The zero-order valence-electron chi connectivity index (χ0n) is 11.5. The van der Waals surface area contributed by atoms with Crippen LogP contribution in [0.5, 0.6) is 0 Å². The zero-order valence-corrected chi connectivity index (χ0v) is 12.3. The summed E-state index contributed by atoms with van der Waals surface area (Å²) in [5.41, 5.74) is 2.34. The Balaban J connectivity index is 1.87. The molecule has 1 aromatic heterocycles. The largest absolute Gasteiger partial charge is 0.378 e. The minimum atomic E-state index is 0.128. The molecule has 0 unspecified atom stereocenters. The molecule has 3 rings (SSSR count). The highest BCUT2D eigenvalue weighted by Crippen LogP contribution is 2.32. The third kappa shape index (κ3) is 2.62. The van der Waals surface area contributed by atoms with Crippen molar-refractivity contribution >= 4 is 17.2 Å². The predicted octanol–water partition coefficient (Wildman–Crippen LogP) is 3.20. The molecule has 0 bridgehead atoms. The Morgan fingerprint density at radius 1 is 1.20 bits per heavy atom. The zero-order chi connectivity index (χ0) is 13.9. The summed E-state index contributed by atoms with van der Waals surface area (Å²) in [5.74, 6) is 0.128. The maximum Gasteiger partial charge on any atom is 0.264 e. The molecule has 1 fully saturated rings. The van der Waals surface area contributed by atoms with Crippen LogP contribution < -0.4 is 0 Å². The number of benzene rings is 1.